The van der Waals surface area contributed by atoms with E-state index in [1.54, 1.807) is 29.3 Å². The minimum atomic E-state index is -4.94. The van der Waals surface area contributed by atoms with Crippen molar-refractivity contribution in [3.63, 3.8) is 0 Å². The first-order chi connectivity index (χ1) is 17.0. The summed E-state index contributed by atoms with van der Waals surface area (Å²) in [6.07, 6.45) is -8.92. The number of halogens is 6. The minimum Gasteiger partial charge on any atom is -0.282 e. The maximum absolute atomic E-state index is 13.2. The molecule has 1 amide bonds. The lowest BCUT2D eigenvalue weighted by Crippen LogP contribution is -2.50. The van der Waals surface area contributed by atoms with Crippen LogP contribution in [0.1, 0.15) is 41.5 Å². The fraction of sp³-hybridized carbons (Fsp3) is 0.308. The van der Waals surface area contributed by atoms with Crippen LogP contribution in [0.4, 0.5) is 32.0 Å². The van der Waals surface area contributed by atoms with Gasteiger partial charge >= 0.3 is 12.4 Å². The Kier molecular flexibility index (Phi) is 6.85. The maximum atomic E-state index is 13.2. The van der Waals surface area contributed by atoms with Crippen molar-refractivity contribution in [3.05, 3.63) is 76.9 Å². The average Bonchev–Trinajstić information content (AvgIpc) is 2.85. The van der Waals surface area contributed by atoms with Crippen molar-refractivity contribution in [2.24, 2.45) is 0 Å². The standard InChI is InChI=1S/C26H21F6N3O/c27-25(28,29)19-13-17(14-20(15-19)26(30,31)32)7-10-24(36)35-12-4-3-11-34(35)23-9-8-18(16-33)21-5-1-2-6-22(21)23/h1-2,5-6,8-9,13-15H,3-4,7,10-12H2. The van der Waals surface area contributed by atoms with Crippen molar-refractivity contribution >= 4 is 22.4 Å². The normalized spacial score (nSPS) is 14.7. The molecular weight excluding hydrogens is 484 g/mol. The number of amides is 1. The second-order valence-electron chi connectivity index (χ2n) is 8.55. The van der Waals surface area contributed by atoms with Gasteiger partial charge in [0.1, 0.15) is 0 Å². The SMILES string of the molecule is N#Cc1ccc(N2CCCCN2C(=O)CCc2cc(C(F)(F)F)cc(C(F)(F)F)c2)c2ccccc12. The zero-order valence-corrected chi connectivity index (χ0v) is 19.0. The molecule has 0 atom stereocenters. The zero-order chi connectivity index (χ0) is 26.1. The number of alkyl halides is 6. The molecule has 0 saturated carbocycles. The Labute approximate surface area is 203 Å². The highest BCUT2D eigenvalue weighted by Gasteiger charge is 2.37. The molecule has 0 radical (unpaired) electrons. The predicted octanol–water partition coefficient (Wildman–Crippen LogP) is 6.73. The van der Waals surface area contributed by atoms with E-state index >= 15 is 0 Å². The number of rotatable bonds is 4. The fourth-order valence-electron chi connectivity index (χ4n) is 4.42. The number of benzene rings is 3. The van der Waals surface area contributed by atoms with Gasteiger partial charge in [0.25, 0.3) is 0 Å². The molecule has 0 spiro atoms. The van der Waals surface area contributed by atoms with Gasteiger partial charge in [-0.2, -0.15) is 31.6 Å². The summed E-state index contributed by atoms with van der Waals surface area (Å²) in [6, 6.07) is 14.2. The van der Waals surface area contributed by atoms with E-state index in [9.17, 15) is 36.4 Å². The van der Waals surface area contributed by atoms with E-state index < -0.39 is 29.4 Å². The summed E-state index contributed by atoms with van der Waals surface area (Å²) in [5.41, 5.74) is -1.82. The van der Waals surface area contributed by atoms with Crippen molar-refractivity contribution in [3.8, 4) is 6.07 Å². The Morgan fingerprint density at radius 2 is 1.47 bits per heavy atom. The van der Waals surface area contributed by atoms with Crippen LogP contribution in [0.15, 0.2) is 54.6 Å². The van der Waals surface area contributed by atoms with Crippen LogP contribution in [0.2, 0.25) is 0 Å². The highest BCUT2D eigenvalue weighted by Crippen LogP contribution is 2.37. The fourth-order valence-corrected chi connectivity index (χ4v) is 4.42. The third-order valence-corrected chi connectivity index (χ3v) is 6.14. The highest BCUT2D eigenvalue weighted by molar-refractivity contribution is 5.98. The van der Waals surface area contributed by atoms with E-state index in [0.29, 0.717) is 42.9 Å². The first kappa shape index (κ1) is 25.4. The lowest BCUT2D eigenvalue weighted by Gasteiger charge is -2.41. The summed E-state index contributed by atoms with van der Waals surface area (Å²) >= 11 is 0. The number of aryl methyl sites for hydroxylation is 1. The molecule has 1 fully saturated rings. The summed E-state index contributed by atoms with van der Waals surface area (Å²) in [4.78, 5) is 13.2. The van der Waals surface area contributed by atoms with E-state index in [0.717, 1.165) is 17.2 Å². The van der Waals surface area contributed by atoms with Crippen molar-refractivity contribution in [2.75, 3.05) is 18.1 Å². The van der Waals surface area contributed by atoms with Crippen LogP contribution in [0, 0.1) is 11.3 Å². The number of fused-ring (bicyclic) bond motifs is 1. The van der Waals surface area contributed by atoms with E-state index in [2.05, 4.69) is 6.07 Å². The van der Waals surface area contributed by atoms with Crippen LogP contribution >= 0.6 is 0 Å². The molecule has 188 valence electrons. The Morgan fingerprint density at radius 1 is 0.861 bits per heavy atom. The Morgan fingerprint density at radius 3 is 2.08 bits per heavy atom. The third-order valence-electron chi connectivity index (χ3n) is 6.14. The smallest absolute Gasteiger partial charge is 0.282 e. The quantitative estimate of drug-likeness (QED) is 0.370. The molecular formula is C26H21F6N3O. The number of hydrogen-bond acceptors (Lipinski definition) is 3. The summed E-state index contributed by atoms with van der Waals surface area (Å²) in [5.74, 6) is -0.408. The summed E-state index contributed by atoms with van der Waals surface area (Å²) in [5, 5.41) is 14.2. The molecule has 1 aliphatic rings. The monoisotopic (exact) mass is 505 g/mol. The number of hydrazine groups is 1. The van der Waals surface area contributed by atoms with E-state index in [1.807, 2.05) is 12.1 Å². The van der Waals surface area contributed by atoms with E-state index in [4.69, 9.17) is 0 Å². The Hall–Kier alpha value is -3.74. The topological polar surface area (TPSA) is 47.3 Å². The second-order valence-corrected chi connectivity index (χ2v) is 8.55. The molecule has 36 heavy (non-hydrogen) atoms. The van der Waals surface area contributed by atoms with Gasteiger partial charge in [0.05, 0.1) is 28.4 Å². The van der Waals surface area contributed by atoms with Crippen LogP contribution < -0.4 is 5.01 Å². The van der Waals surface area contributed by atoms with Crippen LogP contribution in [0.5, 0.6) is 0 Å². The molecule has 0 N–H and O–H groups in total. The third kappa shape index (κ3) is 5.25. The number of nitrogens with zero attached hydrogens (tertiary/aromatic N) is 3. The average molecular weight is 505 g/mol. The minimum absolute atomic E-state index is 0.0771. The van der Waals surface area contributed by atoms with Crippen LogP contribution in [0.25, 0.3) is 10.8 Å². The molecule has 4 rings (SSSR count). The Balaban J connectivity index is 1.60. The molecule has 1 saturated heterocycles. The summed E-state index contributed by atoms with van der Waals surface area (Å²) in [7, 11) is 0. The van der Waals surface area contributed by atoms with Gasteiger partial charge < -0.3 is 0 Å². The molecule has 0 bridgehead atoms. The molecule has 0 unspecified atom stereocenters. The van der Waals surface area contributed by atoms with Crippen LogP contribution in [-0.4, -0.2) is 24.0 Å². The van der Waals surface area contributed by atoms with Gasteiger partial charge in [-0.05, 0) is 55.2 Å². The zero-order valence-electron chi connectivity index (χ0n) is 19.0. The molecule has 1 aliphatic heterocycles. The molecule has 10 heteroatoms. The molecule has 3 aromatic carbocycles. The highest BCUT2D eigenvalue weighted by atomic mass is 19.4. The number of carbonyl (C=O) groups excluding carboxylic acids is 1. The summed E-state index contributed by atoms with van der Waals surface area (Å²) in [6.45, 7) is 0.868. The lowest BCUT2D eigenvalue weighted by molar-refractivity contribution is -0.143. The van der Waals surface area contributed by atoms with Gasteiger partial charge in [-0.15, -0.1) is 0 Å². The van der Waals surface area contributed by atoms with Crippen LogP contribution in [-0.2, 0) is 23.6 Å². The van der Waals surface area contributed by atoms with Gasteiger partial charge in [-0.3, -0.25) is 14.8 Å². The van der Waals surface area contributed by atoms with Crippen molar-refractivity contribution in [1.29, 1.82) is 5.26 Å². The number of hydrogen-bond donors (Lipinski definition) is 0. The van der Waals surface area contributed by atoms with Gasteiger partial charge in [-0.1, -0.05) is 24.3 Å². The number of anilines is 1. The van der Waals surface area contributed by atoms with Gasteiger partial charge in [0.15, 0.2) is 0 Å². The summed E-state index contributed by atoms with van der Waals surface area (Å²) < 4.78 is 79.1. The number of carbonyl (C=O) groups is 1. The first-order valence-electron chi connectivity index (χ1n) is 11.3. The van der Waals surface area contributed by atoms with Gasteiger partial charge in [0, 0.05) is 30.3 Å². The van der Waals surface area contributed by atoms with Gasteiger partial charge in [0.2, 0.25) is 5.91 Å². The van der Waals surface area contributed by atoms with Gasteiger partial charge in [-0.25, -0.2) is 0 Å². The Bertz CT molecular complexity index is 1290. The van der Waals surface area contributed by atoms with Crippen LogP contribution in [0.3, 0.4) is 0 Å². The first-order valence-corrected chi connectivity index (χ1v) is 11.3. The molecule has 1 heterocycles. The molecule has 0 aromatic heterocycles. The predicted molar refractivity (Wildman–Crippen MR) is 122 cm³/mol. The lowest BCUT2D eigenvalue weighted by atomic mass is 10.0. The largest absolute Gasteiger partial charge is 0.416 e. The molecule has 3 aromatic rings. The van der Waals surface area contributed by atoms with Crippen molar-refractivity contribution in [2.45, 2.75) is 38.0 Å². The van der Waals surface area contributed by atoms with E-state index in [1.165, 1.54) is 5.01 Å². The number of nitriles is 1. The molecule has 4 nitrogen and oxygen atoms in total. The molecule has 0 aliphatic carbocycles. The second kappa shape index (κ2) is 9.72. The van der Waals surface area contributed by atoms with Crippen molar-refractivity contribution in [1.82, 2.24) is 5.01 Å². The van der Waals surface area contributed by atoms with E-state index in [-0.39, 0.29) is 24.5 Å². The van der Waals surface area contributed by atoms with Crippen molar-refractivity contribution < 1.29 is 31.1 Å². The maximum Gasteiger partial charge on any atom is 0.416 e.